The number of benzene rings is 1. The average molecular weight is 269 g/mol. The number of hydrogen-bond donors (Lipinski definition) is 3. The van der Waals surface area contributed by atoms with Gasteiger partial charge < -0.3 is 11.1 Å². The van der Waals surface area contributed by atoms with E-state index >= 15 is 0 Å². The van der Waals surface area contributed by atoms with Crippen molar-refractivity contribution >= 4 is 21.4 Å². The molecule has 0 amide bonds. The van der Waals surface area contributed by atoms with E-state index in [1.807, 2.05) is 12.1 Å². The van der Waals surface area contributed by atoms with Gasteiger partial charge in [0.15, 0.2) is 0 Å². The topological polar surface area (TPSA) is 84.2 Å². The van der Waals surface area contributed by atoms with Crippen LogP contribution in [-0.2, 0) is 10.0 Å². The van der Waals surface area contributed by atoms with Gasteiger partial charge in [-0.1, -0.05) is 12.1 Å². The molecule has 0 radical (unpaired) electrons. The molecule has 100 valence electrons. The predicted molar refractivity (Wildman–Crippen MR) is 74.1 cm³/mol. The van der Waals surface area contributed by atoms with Gasteiger partial charge in [0.05, 0.1) is 17.6 Å². The summed E-state index contributed by atoms with van der Waals surface area (Å²) >= 11 is 0. The molecule has 0 bridgehead atoms. The summed E-state index contributed by atoms with van der Waals surface area (Å²) in [7, 11) is -3.26. The summed E-state index contributed by atoms with van der Waals surface area (Å²) in [5.41, 5.74) is 7.26. The van der Waals surface area contributed by atoms with E-state index < -0.39 is 10.0 Å². The normalized spacial score (nSPS) is 23.9. The number of hydrogen-bond acceptors (Lipinski definition) is 4. The highest BCUT2D eigenvalue weighted by Gasteiger charge is 2.22. The monoisotopic (exact) mass is 269 g/mol. The van der Waals surface area contributed by atoms with Gasteiger partial charge in [-0.25, -0.2) is 8.42 Å². The summed E-state index contributed by atoms with van der Waals surface area (Å²) in [6.07, 6.45) is 4.11. The summed E-state index contributed by atoms with van der Waals surface area (Å²) in [5, 5.41) is 3.36. The number of rotatable bonds is 4. The lowest BCUT2D eigenvalue weighted by Gasteiger charge is -2.17. The van der Waals surface area contributed by atoms with Crippen LogP contribution in [0.25, 0.3) is 0 Å². The Bertz CT molecular complexity index is 516. The molecule has 0 spiro atoms. The maximum Gasteiger partial charge on any atom is 0.229 e. The maximum atomic E-state index is 11.3. The van der Waals surface area contributed by atoms with Crippen LogP contribution in [0, 0.1) is 0 Å². The third-order valence-electron chi connectivity index (χ3n) is 3.06. The van der Waals surface area contributed by atoms with Gasteiger partial charge in [0, 0.05) is 12.1 Å². The third kappa shape index (κ3) is 3.61. The summed E-state index contributed by atoms with van der Waals surface area (Å²) in [5.74, 6) is 0. The minimum Gasteiger partial charge on any atom is -0.381 e. The van der Waals surface area contributed by atoms with Crippen molar-refractivity contribution < 1.29 is 8.42 Å². The molecule has 1 fully saturated rings. The van der Waals surface area contributed by atoms with Gasteiger partial charge in [-0.2, -0.15) is 0 Å². The third-order valence-corrected chi connectivity index (χ3v) is 3.65. The van der Waals surface area contributed by atoms with Crippen LogP contribution in [0.3, 0.4) is 0 Å². The minimum atomic E-state index is -3.26. The van der Waals surface area contributed by atoms with Gasteiger partial charge in [0.2, 0.25) is 10.0 Å². The van der Waals surface area contributed by atoms with Crippen molar-refractivity contribution in [2.75, 3.05) is 16.3 Å². The first-order chi connectivity index (χ1) is 8.44. The van der Waals surface area contributed by atoms with Gasteiger partial charge in [-0.15, -0.1) is 0 Å². The molecule has 18 heavy (non-hydrogen) atoms. The van der Waals surface area contributed by atoms with E-state index in [4.69, 9.17) is 5.73 Å². The molecular weight excluding hydrogens is 250 g/mol. The molecule has 1 saturated carbocycles. The second kappa shape index (κ2) is 5.16. The highest BCUT2D eigenvalue weighted by molar-refractivity contribution is 7.92. The van der Waals surface area contributed by atoms with Crippen LogP contribution in [0.1, 0.15) is 19.3 Å². The van der Waals surface area contributed by atoms with Crippen molar-refractivity contribution in [2.24, 2.45) is 5.73 Å². The average Bonchev–Trinajstić information content (AvgIpc) is 2.65. The van der Waals surface area contributed by atoms with E-state index in [0.29, 0.717) is 11.7 Å². The zero-order valence-electron chi connectivity index (χ0n) is 10.4. The van der Waals surface area contributed by atoms with Crippen LogP contribution in [0.15, 0.2) is 24.3 Å². The maximum absolute atomic E-state index is 11.3. The van der Waals surface area contributed by atoms with Crippen molar-refractivity contribution in [2.45, 2.75) is 31.3 Å². The Labute approximate surface area is 108 Å². The first kappa shape index (κ1) is 13.2. The fourth-order valence-corrected chi connectivity index (χ4v) is 2.84. The molecule has 4 N–H and O–H groups in total. The lowest BCUT2D eigenvalue weighted by Crippen LogP contribution is -2.21. The zero-order chi connectivity index (χ0) is 13.2. The second-order valence-corrected chi connectivity index (χ2v) is 6.58. The van der Waals surface area contributed by atoms with E-state index in [-0.39, 0.29) is 6.04 Å². The molecule has 0 aromatic heterocycles. The van der Waals surface area contributed by atoms with Gasteiger partial charge in [-0.05, 0) is 31.4 Å². The quantitative estimate of drug-likeness (QED) is 0.770. The van der Waals surface area contributed by atoms with Crippen LogP contribution >= 0.6 is 0 Å². The van der Waals surface area contributed by atoms with E-state index in [0.717, 1.165) is 31.2 Å². The van der Waals surface area contributed by atoms with Crippen LogP contribution in [0.5, 0.6) is 0 Å². The Morgan fingerprint density at radius 1 is 1.22 bits per heavy atom. The molecule has 1 aromatic rings. The molecule has 6 heteroatoms. The predicted octanol–water partition coefficient (Wildman–Crippen LogP) is 1.35. The molecule has 1 aliphatic rings. The minimum absolute atomic E-state index is 0.248. The van der Waals surface area contributed by atoms with Crippen molar-refractivity contribution in [1.82, 2.24) is 0 Å². The lowest BCUT2D eigenvalue weighted by molar-refractivity contribution is 0.607. The molecule has 0 aliphatic heterocycles. The van der Waals surface area contributed by atoms with Crippen molar-refractivity contribution in [3.05, 3.63) is 24.3 Å². The zero-order valence-corrected chi connectivity index (χ0v) is 11.2. The molecule has 1 aliphatic carbocycles. The van der Waals surface area contributed by atoms with Crippen LogP contribution < -0.4 is 15.8 Å². The standard InChI is InChI=1S/C12H19N3O2S/c1-18(16,17)15-12-5-3-2-4-11(12)14-10-7-6-9(13)8-10/h2-5,9-10,14-15H,6-8,13H2,1H3. The molecule has 2 rings (SSSR count). The summed E-state index contributed by atoms with van der Waals surface area (Å²) < 4.78 is 25.1. The van der Waals surface area contributed by atoms with Crippen LogP contribution in [0.2, 0.25) is 0 Å². The van der Waals surface area contributed by atoms with Crippen LogP contribution in [0.4, 0.5) is 11.4 Å². The van der Waals surface area contributed by atoms with E-state index in [9.17, 15) is 8.42 Å². The van der Waals surface area contributed by atoms with E-state index in [1.165, 1.54) is 0 Å². The number of nitrogens with two attached hydrogens (primary N) is 1. The summed E-state index contributed by atoms with van der Waals surface area (Å²) in [6, 6.07) is 7.87. The highest BCUT2D eigenvalue weighted by Crippen LogP contribution is 2.27. The number of nitrogens with one attached hydrogen (secondary N) is 2. The van der Waals surface area contributed by atoms with Crippen molar-refractivity contribution in [3.63, 3.8) is 0 Å². The first-order valence-electron chi connectivity index (χ1n) is 6.03. The van der Waals surface area contributed by atoms with Gasteiger partial charge >= 0.3 is 0 Å². The fraction of sp³-hybridized carbons (Fsp3) is 0.500. The summed E-state index contributed by atoms with van der Waals surface area (Å²) in [4.78, 5) is 0. The van der Waals surface area contributed by atoms with Gasteiger partial charge in [0.25, 0.3) is 0 Å². The molecular formula is C12H19N3O2S. The first-order valence-corrected chi connectivity index (χ1v) is 7.92. The SMILES string of the molecule is CS(=O)(=O)Nc1ccccc1NC1CCC(N)C1. The molecule has 0 heterocycles. The molecule has 2 unspecified atom stereocenters. The Balaban J connectivity index is 2.12. The van der Waals surface area contributed by atoms with E-state index in [1.54, 1.807) is 12.1 Å². The number of para-hydroxylation sites is 2. The Hall–Kier alpha value is -1.27. The molecule has 1 aromatic carbocycles. The van der Waals surface area contributed by atoms with Gasteiger partial charge in [-0.3, -0.25) is 4.72 Å². The Morgan fingerprint density at radius 2 is 1.89 bits per heavy atom. The van der Waals surface area contributed by atoms with Crippen LogP contribution in [-0.4, -0.2) is 26.8 Å². The molecule has 5 nitrogen and oxygen atoms in total. The largest absolute Gasteiger partial charge is 0.381 e. The van der Waals surface area contributed by atoms with Crippen molar-refractivity contribution in [1.29, 1.82) is 0 Å². The highest BCUT2D eigenvalue weighted by atomic mass is 32.2. The number of anilines is 2. The smallest absolute Gasteiger partial charge is 0.229 e. The van der Waals surface area contributed by atoms with E-state index in [2.05, 4.69) is 10.0 Å². The Morgan fingerprint density at radius 3 is 2.44 bits per heavy atom. The molecule has 0 saturated heterocycles. The number of sulfonamides is 1. The summed E-state index contributed by atoms with van der Waals surface area (Å²) in [6.45, 7) is 0. The lowest BCUT2D eigenvalue weighted by atomic mass is 10.2. The Kier molecular flexibility index (Phi) is 3.77. The van der Waals surface area contributed by atoms with Gasteiger partial charge in [0.1, 0.15) is 0 Å². The fourth-order valence-electron chi connectivity index (χ4n) is 2.27. The van der Waals surface area contributed by atoms with Crippen molar-refractivity contribution in [3.8, 4) is 0 Å². The molecule has 2 atom stereocenters. The second-order valence-electron chi connectivity index (χ2n) is 4.83.